The molecule has 1 aliphatic carbocycles. The van der Waals surface area contributed by atoms with Gasteiger partial charge in [0, 0.05) is 0 Å². The molecule has 5 heavy (non-hydrogen) atoms. The van der Waals surface area contributed by atoms with Gasteiger partial charge in [-0.05, 0) is 12.8 Å². The Morgan fingerprint density at radius 1 is 1.60 bits per heavy atom. The van der Waals surface area contributed by atoms with Crippen LogP contribution in [0.2, 0.25) is 0 Å². The van der Waals surface area contributed by atoms with Crippen molar-refractivity contribution in [2.75, 3.05) is 0 Å². The molecule has 29 valence electrons. The van der Waals surface area contributed by atoms with Crippen molar-refractivity contribution in [1.82, 2.24) is 0 Å². The predicted molar refractivity (Wildman–Crippen MR) is 21.6 cm³/mol. The summed E-state index contributed by atoms with van der Waals surface area (Å²) < 4.78 is -0.688. The molecule has 0 atom stereocenters. The van der Waals surface area contributed by atoms with Crippen molar-refractivity contribution in [3.8, 4) is 0 Å². The highest BCUT2D eigenvalue weighted by molar-refractivity contribution is 9.10. The Kier molecular flexibility index (Phi) is 0.535. The molecule has 1 rings (SSSR count). The summed E-state index contributed by atoms with van der Waals surface area (Å²) in [4.78, 5) is 0. The highest BCUT2D eigenvalue weighted by atomic mass is 79.9. The number of hydrogen-bond acceptors (Lipinski definition) is 0. The van der Waals surface area contributed by atoms with Gasteiger partial charge in [0.25, 0.3) is 0 Å². The predicted octanol–water partition coefficient (Wildman–Crippen LogP) is 1.30. The van der Waals surface area contributed by atoms with E-state index < -0.39 is 4.51 Å². The third kappa shape index (κ3) is 0.893. The molecule has 0 spiro atoms. The van der Waals surface area contributed by atoms with Gasteiger partial charge in [-0.15, -0.1) is 0 Å². The molecule has 0 amide bonds. The molecule has 2 heteroatoms. The van der Waals surface area contributed by atoms with Crippen LogP contribution < -0.4 is 0 Å². The molecule has 1 nitrogen and oxygen atoms in total. The van der Waals surface area contributed by atoms with E-state index in [1.807, 2.05) is 0 Å². The van der Waals surface area contributed by atoms with E-state index in [-0.39, 0.29) is 0 Å². The Bertz CT molecular complexity index is 44.9. The van der Waals surface area contributed by atoms with Crippen LogP contribution in [0.25, 0.3) is 0 Å². The van der Waals surface area contributed by atoms with Crippen LogP contribution >= 0.6 is 15.9 Å². The number of halogens is 1. The standard InChI is InChI=1S/C3H4BrO/c4-3(5)1-2-3/h1-2H2. The molecule has 0 heterocycles. The second-order valence-corrected chi connectivity index (χ2v) is 2.83. The average molecular weight is 136 g/mol. The number of hydrogen-bond donors (Lipinski definition) is 0. The van der Waals surface area contributed by atoms with Crippen LogP contribution in [-0.4, -0.2) is 4.51 Å². The Hall–Kier alpha value is 0.440. The molecule has 0 aromatic carbocycles. The largest absolute Gasteiger partial charge is 0.217 e. The maximum absolute atomic E-state index is 10.1. The Labute approximate surface area is 39.1 Å². The second kappa shape index (κ2) is 0.738. The summed E-state index contributed by atoms with van der Waals surface area (Å²) in [5.41, 5.74) is 0. The average Bonchev–Trinajstić information content (AvgIpc) is 1.76. The van der Waals surface area contributed by atoms with Gasteiger partial charge in [0.2, 0.25) is 0 Å². The van der Waals surface area contributed by atoms with Crippen molar-refractivity contribution in [3.05, 3.63) is 0 Å². The number of alkyl halides is 1. The third-order valence-electron chi connectivity index (χ3n) is 0.643. The second-order valence-electron chi connectivity index (χ2n) is 1.38. The first-order chi connectivity index (χ1) is 2.21. The van der Waals surface area contributed by atoms with Gasteiger partial charge in [0.05, 0.1) is 0 Å². The molecule has 0 aliphatic heterocycles. The van der Waals surface area contributed by atoms with Crippen molar-refractivity contribution in [2.24, 2.45) is 0 Å². The third-order valence-corrected chi connectivity index (χ3v) is 1.44. The SMILES string of the molecule is [O]C1(Br)CC1. The summed E-state index contributed by atoms with van der Waals surface area (Å²) in [6.45, 7) is 0. The monoisotopic (exact) mass is 135 g/mol. The molecule has 1 fully saturated rings. The molecule has 0 unspecified atom stereocenters. The molecule has 0 aromatic rings. The van der Waals surface area contributed by atoms with Gasteiger partial charge in [-0.25, -0.2) is 5.11 Å². The van der Waals surface area contributed by atoms with E-state index in [9.17, 15) is 5.11 Å². The van der Waals surface area contributed by atoms with Crippen molar-refractivity contribution in [1.29, 1.82) is 0 Å². The van der Waals surface area contributed by atoms with E-state index in [0.29, 0.717) is 0 Å². The van der Waals surface area contributed by atoms with Crippen LogP contribution in [0.15, 0.2) is 0 Å². The van der Waals surface area contributed by atoms with Crippen molar-refractivity contribution < 1.29 is 5.11 Å². The van der Waals surface area contributed by atoms with Crippen LogP contribution in [0.3, 0.4) is 0 Å². The summed E-state index contributed by atoms with van der Waals surface area (Å²) in [5, 5.41) is 10.1. The lowest BCUT2D eigenvalue weighted by Gasteiger charge is -1.78. The fourth-order valence-electron chi connectivity index (χ4n) is 0.0983. The molecule has 1 saturated carbocycles. The van der Waals surface area contributed by atoms with Crippen molar-refractivity contribution >= 4 is 15.9 Å². The quantitative estimate of drug-likeness (QED) is 0.447. The molecule has 0 aromatic heterocycles. The molecule has 1 aliphatic rings. The van der Waals surface area contributed by atoms with Gasteiger partial charge < -0.3 is 0 Å². The zero-order valence-electron chi connectivity index (χ0n) is 2.70. The van der Waals surface area contributed by atoms with Crippen LogP contribution in [0.4, 0.5) is 0 Å². The molecule has 0 saturated heterocycles. The fourth-order valence-corrected chi connectivity index (χ4v) is 0.297. The topological polar surface area (TPSA) is 19.9 Å². The smallest absolute Gasteiger partial charge is 0.158 e. The van der Waals surface area contributed by atoms with E-state index in [0.717, 1.165) is 12.8 Å². The van der Waals surface area contributed by atoms with Crippen molar-refractivity contribution in [3.63, 3.8) is 0 Å². The van der Waals surface area contributed by atoms with Gasteiger partial charge in [-0.3, -0.25) is 0 Å². The lowest BCUT2D eigenvalue weighted by molar-refractivity contribution is 0.152. The zero-order chi connectivity index (χ0) is 3.91. The van der Waals surface area contributed by atoms with Crippen molar-refractivity contribution in [2.45, 2.75) is 17.4 Å². The minimum Gasteiger partial charge on any atom is -0.217 e. The van der Waals surface area contributed by atoms with Gasteiger partial charge in [-0.1, -0.05) is 15.9 Å². The molecule has 0 N–H and O–H groups in total. The summed E-state index contributed by atoms with van der Waals surface area (Å²) >= 11 is 2.93. The Morgan fingerprint density at radius 2 is 1.80 bits per heavy atom. The molecular weight excluding hydrogens is 132 g/mol. The lowest BCUT2D eigenvalue weighted by Crippen LogP contribution is -1.83. The summed E-state index contributed by atoms with van der Waals surface area (Å²) in [7, 11) is 0. The molecule has 1 radical (unpaired) electrons. The number of rotatable bonds is 0. The normalized spacial score (nSPS) is 30.0. The summed E-state index contributed by atoms with van der Waals surface area (Å²) in [6.07, 6.45) is 1.62. The minimum absolute atomic E-state index is 0.688. The lowest BCUT2D eigenvalue weighted by atomic mass is 10.9. The minimum atomic E-state index is -0.688. The summed E-state index contributed by atoms with van der Waals surface area (Å²) in [6, 6.07) is 0. The van der Waals surface area contributed by atoms with Crippen LogP contribution in [0.5, 0.6) is 0 Å². The first kappa shape index (κ1) is 3.62. The first-order valence-corrected chi connectivity index (χ1v) is 2.39. The maximum Gasteiger partial charge on any atom is 0.158 e. The molecular formula is C3H4BrO. The Balaban J connectivity index is 2.38. The van der Waals surface area contributed by atoms with Crippen LogP contribution in [0, 0.1) is 0 Å². The van der Waals surface area contributed by atoms with Gasteiger partial charge in [0.1, 0.15) is 0 Å². The van der Waals surface area contributed by atoms with Gasteiger partial charge in [0.15, 0.2) is 4.51 Å². The summed E-state index contributed by atoms with van der Waals surface area (Å²) in [5.74, 6) is 0. The van der Waals surface area contributed by atoms with E-state index in [1.165, 1.54) is 0 Å². The zero-order valence-corrected chi connectivity index (χ0v) is 4.29. The van der Waals surface area contributed by atoms with Crippen LogP contribution in [0.1, 0.15) is 12.8 Å². The first-order valence-electron chi connectivity index (χ1n) is 1.60. The maximum atomic E-state index is 10.1. The van der Waals surface area contributed by atoms with Crippen LogP contribution in [-0.2, 0) is 5.11 Å². The highest BCUT2D eigenvalue weighted by Crippen LogP contribution is 2.41. The van der Waals surface area contributed by atoms with E-state index in [1.54, 1.807) is 0 Å². The van der Waals surface area contributed by atoms with E-state index in [4.69, 9.17) is 0 Å². The Morgan fingerprint density at radius 3 is 1.80 bits per heavy atom. The fraction of sp³-hybridized carbons (Fsp3) is 1.00. The molecule has 0 bridgehead atoms. The van der Waals surface area contributed by atoms with Gasteiger partial charge in [-0.2, -0.15) is 0 Å². The highest BCUT2D eigenvalue weighted by Gasteiger charge is 2.39. The van der Waals surface area contributed by atoms with Gasteiger partial charge >= 0.3 is 0 Å². The van der Waals surface area contributed by atoms with E-state index in [2.05, 4.69) is 15.9 Å². The van der Waals surface area contributed by atoms with E-state index >= 15 is 0 Å².